The van der Waals surface area contributed by atoms with Crippen LogP contribution in [0.25, 0.3) is 11.0 Å². The third-order valence-corrected chi connectivity index (χ3v) is 5.84. The van der Waals surface area contributed by atoms with E-state index in [1.165, 1.54) is 18.3 Å². The summed E-state index contributed by atoms with van der Waals surface area (Å²) in [6.07, 6.45) is -2.98. The molecule has 10 heteroatoms. The molecular formula is C22H19F3N4O3. The number of pyridine rings is 2. The van der Waals surface area contributed by atoms with Gasteiger partial charge in [0.15, 0.2) is 5.65 Å². The molecule has 0 spiro atoms. The average molecular weight is 444 g/mol. The predicted molar refractivity (Wildman–Crippen MR) is 108 cm³/mol. The summed E-state index contributed by atoms with van der Waals surface area (Å²) < 4.78 is 49.8. The molecule has 0 bridgehead atoms. The van der Waals surface area contributed by atoms with E-state index in [0.717, 1.165) is 23.3 Å². The highest BCUT2D eigenvalue weighted by molar-refractivity contribution is 5.98. The molecule has 0 aliphatic carbocycles. The predicted octanol–water partition coefficient (Wildman–Crippen LogP) is 3.47. The van der Waals surface area contributed by atoms with Crippen LogP contribution in [0.15, 0.2) is 36.5 Å². The van der Waals surface area contributed by atoms with Crippen LogP contribution in [-0.2, 0) is 28.9 Å². The number of nitrogens with two attached hydrogens (primary N) is 1. The number of carbonyl (C=O) groups is 1. The largest absolute Gasteiger partial charge is 0.416 e. The highest BCUT2D eigenvalue weighted by Crippen LogP contribution is 2.33. The number of carbonyl (C=O) groups excluding carboxylic acids is 1. The van der Waals surface area contributed by atoms with Gasteiger partial charge < -0.3 is 20.1 Å². The van der Waals surface area contributed by atoms with Gasteiger partial charge in [0.25, 0.3) is 5.91 Å². The van der Waals surface area contributed by atoms with Gasteiger partial charge in [0, 0.05) is 23.7 Å². The quantitative estimate of drug-likeness (QED) is 0.651. The Morgan fingerprint density at radius 3 is 2.62 bits per heavy atom. The van der Waals surface area contributed by atoms with Crippen LogP contribution >= 0.6 is 0 Å². The molecule has 2 N–H and O–H groups in total. The molecule has 4 heterocycles. The standard InChI is InChI=1S/C22H19F3N4O3/c23-22(24,25)14-3-1-12(2-4-14)18-11-31-6-5-29(18)21(30)13-7-15-16-9-32-10-17(16)19(26)28-20(15)27-8-13/h1-4,7-8,18H,5-6,9-11H2,(H2,26,27,28). The van der Waals surface area contributed by atoms with Crippen LogP contribution in [0.3, 0.4) is 0 Å². The number of nitrogen functional groups attached to an aromatic ring is 1. The van der Waals surface area contributed by atoms with Crippen molar-refractivity contribution in [2.24, 2.45) is 0 Å². The van der Waals surface area contributed by atoms with E-state index in [1.54, 1.807) is 11.0 Å². The molecule has 1 aromatic carbocycles. The van der Waals surface area contributed by atoms with Crippen LogP contribution in [0, 0.1) is 0 Å². The Morgan fingerprint density at radius 2 is 1.88 bits per heavy atom. The zero-order valence-corrected chi connectivity index (χ0v) is 16.9. The van der Waals surface area contributed by atoms with Crippen LogP contribution < -0.4 is 5.73 Å². The molecule has 2 aromatic heterocycles. The molecule has 0 saturated carbocycles. The summed E-state index contributed by atoms with van der Waals surface area (Å²) in [7, 11) is 0. The molecule has 1 atom stereocenters. The van der Waals surface area contributed by atoms with E-state index >= 15 is 0 Å². The zero-order chi connectivity index (χ0) is 22.5. The van der Waals surface area contributed by atoms with Gasteiger partial charge in [-0.15, -0.1) is 0 Å². The molecule has 1 unspecified atom stereocenters. The minimum Gasteiger partial charge on any atom is -0.383 e. The van der Waals surface area contributed by atoms with Crippen LogP contribution in [0.1, 0.15) is 38.7 Å². The molecule has 2 aliphatic rings. The lowest BCUT2D eigenvalue weighted by Crippen LogP contribution is -2.43. The number of aromatic nitrogens is 2. The summed E-state index contributed by atoms with van der Waals surface area (Å²) >= 11 is 0. The fraction of sp³-hybridized carbons (Fsp3) is 0.318. The molecule has 1 saturated heterocycles. The van der Waals surface area contributed by atoms with Crippen LogP contribution in [0.2, 0.25) is 0 Å². The first-order chi connectivity index (χ1) is 15.3. The molecule has 2 aliphatic heterocycles. The van der Waals surface area contributed by atoms with Crippen molar-refractivity contribution in [1.82, 2.24) is 14.9 Å². The number of nitrogens with zero attached hydrogens (tertiary/aromatic N) is 3. The minimum atomic E-state index is -4.42. The van der Waals surface area contributed by atoms with E-state index in [0.29, 0.717) is 54.3 Å². The number of rotatable bonds is 2. The maximum absolute atomic E-state index is 13.4. The number of alkyl halides is 3. The third kappa shape index (κ3) is 3.55. The second-order valence-corrected chi connectivity index (χ2v) is 7.75. The van der Waals surface area contributed by atoms with Crippen molar-refractivity contribution in [3.05, 3.63) is 64.3 Å². The van der Waals surface area contributed by atoms with E-state index in [1.807, 2.05) is 0 Å². The second-order valence-electron chi connectivity index (χ2n) is 7.75. The number of halogens is 3. The van der Waals surface area contributed by atoms with Crippen molar-refractivity contribution >= 4 is 22.8 Å². The first-order valence-corrected chi connectivity index (χ1v) is 10.0. The lowest BCUT2D eigenvalue weighted by atomic mass is 10.0. The molecule has 166 valence electrons. The van der Waals surface area contributed by atoms with Crippen molar-refractivity contribution in [1.29, 1.82) is 0 Å². The Labute approximate surface area is 181 Å². The van der Waals surface area contributed by atoms with E-state index in [9.17, 15) is 18.0 Å². The Balaban J connectivity index is 1.48. The monoisotopic (exact) mass is 444 g/mol. The van der Waals surface area contributed by atoms with E-state index < -0.39 is 17.8 Å². The lowest BCUT2D eigenvalue weighted by Gasteiger charge is -2.36. The molecule has 0 radical (unpaired) electrons. The van der Waals surface area contributed by atoms with Crippen molar-refractivity contribution in [2.75, 3.05) is 25.5 Å². The Hall–Kier alpha value is -3.24. The SMILES string of the molecule is Nc1nc2ncc(C(=O)N3CCOCC3c3ccc(C(F)(F)F)cc3)cc2c2c1COC2. The number of anilines is 1. The molecule has 5 rings (SSSR count). The minimum absolute atomic E-state index is 0.194. The first-order valence-electron chi connectivity index (χ1n) is 10.0. The number of morpholine rings is 1. The Bertz CT molecular complexity index is 1200. The van der Waals surface area contributed by atoms with Crippen LogP contribution in [0.5, 0.6) is 0 Å². The average Bonchev–Trinajstić information content (AvgIpc) is 3.29. The van der Waals surface area contributed by atoms with Crippen molar-refractivity contribution in [3.63, 3.8) is 0 Å². The summed E-state index contributed by atoms with van der Waals surface area (Å²) in [6, 6.07) is 6.03. The molecule has 1 amide bonds. The summed E-state index contributed by atoms with van der Waals surface area (Å²) in [5, 5.41) is 0.705. The van der Waals surface area contributed by atoms with E-state index in [-0.39, 0.29) is 12.5 Å². The maximum Gasteiger partial charge on any atom is 0.416 e. The van der Waals surface area contributed by atoms with Gasteiger partial charge in [-0.1, -0.05) is 12.1 Å². The topological polar surface area (TPSA) is 90.6 Å². The smallest absolute Gasteiger partial charge is 0.383 e. The highest BCUT2D eigenvalue weighted by Gasteiger charge is 2.33. The van der Waals surface area contributed by atoms with Crippen molar-refractivity contribution in [2.45, 2.75) is 25.4 Å². The molecular weight excluding hydrogens is 425 g/mol. The van der Waals surface area contributed by atoms with Gasteiger partial charge in [0.05, 0.1) is 43.6 Å². The Morgan fingerprint density at radius 1 is 1.12 bits per heavy atom. The van der Waals surface area contributed by atoms with Gasteiger partial charge in [0.1, 0.15) is 5.82 Å². The third-order valence-electron chi connectivity index (χ3n) is 5.84. The number of amides is 1. The maximum atomic E-state index is 13.4. The summed E-state index contributed by atoms with van der Waals surface area (Å²) in [5.41, 5.74) is 8.28. The summed E-state index contributed by atoms with van der Waals surface area (Å²) in [6.45, 7) is 1.57. The van der Waals surface area contributed by atoms with Crippen LogP contribution in [0.4, 0.5) is 19.0 Å². The number of benzene rings is 1. The fourth-order valence-electron chi connectivity index (χ4n) is 4.15. The molecule has 7 nitrogen and oxygen atoms in total. The number of fused-ring (bicyclic) bond motifs is 3. The van der Waals surface area contributed by atoms with Gasteiger partial charge in [-0.25, -0.2) is 9.97 Å². The van der Waals surface area contributed by atoms with Crippen molar-refractivity contribution < 1.29 is 27.4 Å². The zero-order valence-electron chi connectivity index (χ0n) is 16.9. The number of hydrogen-bond acceptors (Lipinski definition) is 6. The Kier molecular flexibility index (Phi) is 4.98. The lowest BCUT2D eigenvalue weighted by molar-refractivity contribution is -0.137. The van der Waals surface area contributed by atoms with Crippen LogP contribution in [-0.4, -0.2) is 40.5 Å². The highest BCUT2D eigenvalue weighted by atomic mass is 19.4. The summed E-state index contributed by atoms with van der Waals surface area (Å²) in [5.74, 6) is 0.0872. The fourth-order valence-corrected chi connectivity index (χ4v) is 4.15. The number of ether oxygens (including phenoxy) is 2. The van der Waals surface area contributed by atoms with Gasteiger partial charge in [-0.05, 0) is 29.3 Å². The normalized spacial score (nSPS) is 18.7. The van der Waals surface area contributed by atoms with Gasteiger partial charge in [0.2, 0.25) is 0 Å². The first kappa shape index (κ1) is 20.7. The van der Waals surface area contributed by atoms with E-state index in [2.05, 4.69) is 9.97 Å². The summed E-state index contributed by atoms with van der Waals surface area (Å²) in [4.78, 5) is 23.6. The molecule has 3 aromatic rings. The van der Waals surface area contributed by atoms with Gasteiger partial charge in [-0.3, -0.25) is 4.79 Å². The van der Waals surface area contributed by atoms with Crippen molar-refractivity contribution in [3.8, 4) is 0 Å². The molecule has 32 heavy (non-hydrogen) atoms. The molecule has 1 fully saturated rings. The van der Waals surface area contributed by atoms with E-state index in [4.69, 9.17) is 15.2 Å². The van der Waals surface area contributed by atoms with Gasteiger partial charge >= 0.3 is 6.18 Å². The second kappa shape index (κ2) is 7.72. The van der Waals surface area contributed by atoms with Gasteiger partial charge in [-0.2, -0.15) is 13.2 Å². The number of hydrogen-bond donors (Lipinski definition) is 1.